The van der Waals surface area contributed by atoms with Crippen LogP contribution in [0.25, 0.3) is 0 Å². The van der Waals surface area contributed by atoms with Crippen LogP contribution in [0.1, 0.15) is 39.3 Å². The first-order valence-electron chi connectivity index (χ1n) is 9.04. The average Bonchev–Trinajstić information content (AvgIpc) is 2.87. The molecular weight excluding hydrogens is 322 g/mol. The molecule has 1 N–H and O–H groups in total. The average molecular weight is 356 g/mol. The number of hydrogen-bond donors (Lipinski definition) is 1. The molecule has 1 aromatic rings. The number of aryl methyl sites for hydroxylation is 1. The van der Waals surface area contributed by atoms with E-state index in [4.69, 9.17) is 16.6 Å². The highest BCUT2D eigenvalue weighted by Gasteiger charge is 2.09. The maximum atomic E-state index is 6.07. The van der Waals surface area contributed by atoms with E-state index < -0.39 is 0 Å². The summed E-state index contributed by atoms with van der Waals surface area (Å²) in [5, 5.41) is 4.15. The zero-order chi connectivity index (χ0) is 17.9. The van der Waals surface area contributed by atoms with E-state index in [1.54, 1.807) is 0 Å². The zero-order valence-corrected chi connectivity index (χ0v) is 16.7. The number of aromatic nitrogens is 1. The molecule has 0 unspecified atom stereocenters. The first kappa shape index (κ1) is 20.8. The lowest BCUT2D eigenvalue weighted by atomic mass is 10.3. The zero-order valence-electron chi connectivity index (χ0n) is 16.0. The summed E-state index contributed by atoms with van der Waals surface area (Å²) in [6.45, 7) is 12.5. The summed E-state index contributed by atoms with van der Waals surface area (Å²) in [4.78, 5) is 9.38. The van der Waals surface area contributed by atoms with Crippen LogP contribution in [0.3, 0.4) is 0 Å². The van der Waals surface area contributed by atoms with Crippen LogP contribution in [0.15, 0.2) is 17.3 Å². The predicted octanol–water partition coefficient (Wildman–Crippen LogP) is 3.20. The molecule has 0 saturated heterocycles. The number of guanidine groups is 1. The standard InChI is InChI=1S/C18H34ClN5/c1-6-20-18(21-11-9-10-12-24(7-2)8-3)23(5)15-17-13-16(19)14-22(17)4/h13-14H,6-12,15H2,1-5H3,(H,20,21). The molecule has 5 nitrogen and oxygen atoms in total. The van der Waals surface area contributed by atoms with Gasteiger partial charge in [-0.2, -0.15) is 0 Å². The second kappa shape index (κ2) is 11.4. The molecule has 0 fully saturated rings. The molecule has 0 radical (unpaired) electrons. The lowest BCUT2D eigenvalue weighted by Gasteiger charge is -2.22. The van der Waals surface area contributed by atoms with Gasteiger partial charge in [0.05, 0.1) is 11.6 Å². The first-order valence-corrected chi connectivity index (χ1v) is 9.42. The van der Waals surface area contributed by atoms with Gasteiger partial charge >= 0.3 is 0 Å². The van der Waals surface area contributed by atoms with Crippen LogP contribution in [0, 0.1) is 0 Å². The van der Waals surface area contributed by atoms with E-state index >= 15 is 0 Å². The molecule has 0 spiro atoms. The Morgan fingerprint density at radius 2 is 1.96 bits per heavy atom. The minimum atomic E-state index is 0.777. The second-order valence-corrected chi connectivity index (χ2v) is 6.52. The van der Waals surface area contributed by atoms with Crippen molar-refractivity contribution in [3.63, 3.8) is 0 Å². The van der Waals surface area contributed by atoms with E-state index in [2.05, 4.69) is 47.5 Å². The summed E-state index contributed by atoms with van der Waals surface area (Å²) in [7, 11) is 4.09. The Balaban J connectivity index is 2.50. The van der Waals surface area contributed by atoms with Crippen molar-refractivity contribution >= 4 is 17.6 Å². The van der Waals surface area contributed by atoms with Crippen molar-refractivity contribution < 1.29 is 0 Å². The summed E-state index contributed by atoms with van der Waals surface area (Å²) in [6.07, 6.45) is 4.25. The predicted molar refractivity (Wildman–Crippen MR) is 105 cm³/mol. The highest BCUT2D eigenvalue weighted by molar-refractivity contribution is 6.30. The van der Waals surface area contributed by atoms with Crippen molar-refractivity contribution in [2.24, 2.45) is 12.0 Å². The van der Waals surface area contributed by atoms with Gasteiger partial charge in [0.2, 0.25) is 0 Å². The van der Waals surface area contributed by atoms with Gasteiger partial charge in [0.25, 0.3) is 0 Å². The van der Waals surface area contributed by atoms with Crippen LogP contribution in [0.2, 0.25) is 5.02 Å². The summed E-state index contributed by atoms with van der Waals surface area (Å²) in [5.41, 5.74) is 1.18. The number of unbranched alkanes of at least 4 members (excludes halogenated alkanes) is 1. The molecule has 0 atom stereocenters. The number of nitrogens with zero attached hydrogens (tertiary/aromatic N) is 4. The molecular formula is C18H34ClN5. The fraction of sp³-hybridized carbons (Fsp3) is 0.722. The van der Waals surface area contributed by atoms with Gasteiger partial charge in [-0.15, -0.1) is 0 Å². The Labute approximate surface area is 152 Å². The van der Waals surface area contributed by atoms with E-state index in [1.165, 1.54) is 12.1 Å². The highest BCUT2D eigenvalue weighted by atomic mass is 35.5. The fourth-order valence-electron chi connectivity index (χ4n) is 2.68. The van der Waals surface area contributed by atoms with Gasteiger partial charge in [0, 0.05) is 39.1 Å². The number of hydrogen-bond acceptors (Lipinski definition) is 2. The maximum Gasteiger partial charge on any atom is 0.194 e. The molecule has 1 heterocycles. The Kier molecular flexibility index (Phi) is 9.88. The molecule has 0 aliphatic rings. The Bertz CT molecular complexity index is 494. The van der Waals surface area contributed by atoms with Crippen LogP contribution < -0.4 is 5.32 Å². The van der Waals surface area contributed by atoms with Gasteiger partial charge < -0.3 is 19.7 Å². The normalized spacial score (nSPS) is 12.0. The van der Waals surface area contributed by atoms with Gasteiger partial charge in [-0.05, 0) is 45.5 Å². The number of rotatable bonds is 10. The lowest BCUT2D eigenvalue weighted by molar-refractivity contribution is 0.297. The van der Waals surface area contributed by atoms with E-state index in [-0.39, 0.29) is 0 Å². The Morgan fingerprint density at radius 1 is 1.25 bits per heavy atom. The van der Waals surface area contributed by atoms with Crippen molar-refractivity contribution in [3.8, 4) is 0 Å². The Hall–Kier alpha value is -1.20. The monoisotopic (exact) mass is 355 g/mol. The van der Waals surface area contributed by atoms with E-state index in [0.29, 0.717) is 0 Å². The summed E-state index contributed by atoms with van der Waals surface area (Å²) >= 11 is 6.07. The van der Waals surface area contributed by atoms with Crippen molar-refractivity contribution in [2.45, 2.75) is 40.2 Å². The minimum absolute atomic E-state index is 0.777. The SMILES string of the molecule is CCNC(=NCCCCN(CC)CC)N(C)Cc1cc(Cl)cn1C. The van der Waals surface area contributed by atoms with Gasteiger partial charge in [-0.1, -0.05) is 25.4 Å². The highest BCUT2D eigenvalue weighted by Crippen LogP contribution is 2.14. The molecule has 0 aromatic carbocycles. The molecule has 1 rings (SSSR count). The molecule has 1 aromatic heterocycles. The van der Waals surface area contributed by atoms with Crippen molar-refractivity contribution in [2.75, 3.05) is 39.8 Å². The smallest absolute Gasteiger partial charge is 0.194 e. The lowest BCUT2D eigenvalue weighted by Crippen LogP contribution is -2.38. The van der Waals surface area contributed by atoms with Crippen LogP contribution in [0.5, 0.6) is 0 Å². The summed E-state index contributed by atoms with van der Waals surface area (Å²) in [5.74, 6) is 0.956. The summed E-state index contributed by atoms with van der Waals surface area (Å²) in [6, 6.07) is 2.01. The third-order valence-corrected chi connectivity index (χ3v) is 4.42. The molecule has 0 amide bonds. The molecule has 24 heavy (non-hydrogen) atoms. The van der Waals surface area contributed by atoms with Crippen LogP contribution >= 0.6 is 11.6 Å². The van der Waals surface area contributed by atoms with E-state index in [1.807, 2.05) is 19.3 Å². The molecule has 0 saturated carbocycles. The molecule has 6 heteroatoms. The summed E-state index contributed by atoms with van der Waals surface area (Å²) < 4.78 is 2.06. The molecule has 0 aliphatic heterocycles. The van der Waals surface area contributed by atoms with Gasteiger partial charge in [0.15, 0.2) is 5.96 Å². The third kappa shape index (κ3) is 7.14. The van der Waals surface area contributed by atoms with Crippen LogP contribution in [0.4, 0.5) is 0 Å². The Morgan fingerprint density at radius 3 is 2.50 bits per heavy atom. The van der Waals surface area contributed by atoms with Gasteiger partial charge in [0.1, 0.15) is 0 Å². The van der Waals surface area contributed by atoms with E-state index in [0.717, 1.165) is 56.7 Å². The third-order valence-electron chi connectivity index (χ3n) is 4.21. The topological polar surface area (TPSA) is 35.8 Å². The van der Waals surface area contributed by atoms with Gasteiger partial charge in [-0.3, -0.25) is 4.99 Å². The van der Waals surface area contributed by atoms with Crippen molar-refractivity contribution in [1.29, 1.82) is 0 Å². The largest absolute Gasteiger partial charge is 0.357 e. The fourth-order valence-corrected chi connectivity index (χ4v) is 2.96. The van der Waals surface area contributed by atoms with Crippen LogP contribution in [-0.2, 0) is 13.6 Å². The van der Waals surface area contributed by atoms with Crippen LogP contribution in [-0.4, -0.2) is 60.1 Å². The molecule has 0 bridgehead atoms. The number of halogens is 1. The molecule has 0 aliphatic carbocycles. The number of aliphatic imine (C=N–C) groups is 1. The first-order chi connectivity index (χ1) is 11.5. The van der Waals surface area contributed by atoms with Crippen molar-refractivity contribution in [3.05, 3.63) is 23.0 Å². The maximum absolute atomic E-state index is 6.07. The minimum Gasteiger partial charge on any atom is -0.357 e. The van der Waals surface area contributed by atoms with E-state index in [9.17, 15) is 0 Å². The second-order valence-electron chi connectivity index (χ2n) is 6.09. The van der Waals surface area contributed by atoms with Crippen molar-refractivity contribution in [1.82, 2.24) is 19.7 Å². The van der Waals surface area contributed by atoms with Gasteiger partial charge in [-0.25, -0.2) is 0 Å². The molecule has 138 valence electrons. The quantitative estimate of drug-likeness (QED) is 0.398. The number of nitrogens with one attached hydrogen (secondary N) is 1.